The highest BCUT2D eigenvalue weighted by Crippen LogP contribution is 2.28. The zero-order valence-corrected chi connectivity index (χ0v) is 6.79. The number of aliphatic hydroxyl groups is 1. The van der Waals surface area contributed by atoms with Crippen LogP contribution >= 0.6 is 0 Å². The maximum Gasteiger partial charge on any atom is 0.230 e. The first-order valence-electron chi connectivity index (χ1n) is 4.03. The SMILES string of the molecule is C=C1CC=C2C(O)CC(=O)N2C1. The molecular weight excluding hydrogens is 154 g/mol. The van der Waals surface area contributed by atoms with Crippen LogP contribution in [0.5, 0.6) is 0 Å². The molecule has 0 spiro atoms. The molecule has 0 aromatic rings. The van der Waals surface area contributed by atoms with Gasteiger partial charge in [0.25, 0.3) is 0 Å². The number of carbonyl (C=O) groups excluding carboxylic acids is 1. The second kappa shape index (κ2) is 2.45. The van der Waals surface area contributed by atoms with Crippen LogP contribution in [0.4, 0.5) is 0 Å². The lowest BCUT2D eigenvalue weighted by Crippen LogP contribution is -2.28. The van der Waals surface area contributed by atoms with Crippen LogP contribution in [-0.4, -0.2) is 28.6 Å². The Morgan fingerprint density at radius 2 is 2.42 bits per heavy atom. The molecule has 0 aliphatic carbocycles. The van der Waals surface area contributed by atoms with Crippen LogP contribution in [0.3, 0.4) is 0 Å². The van der Waals surface area contributed by atoms with E-state index in [2.05, 4.69) is 6.58 Å². The predicted octanol–water partition coefficient (Wildman–Crippen LogP) is 0.423. The summed E-state index contributed by atoms with van der Waals surface area (Å²) in [6, 6.07) is 0. The molecule has 1 unspecified atom stereocenters. The van der Waals surface area contributed by atoms with Crippen molar-refractivity contribution in [2.24, 2.45) is 0 Å². The molecule has 2 aliphatic rings. The molecule has 2 aliphatic heterocycles. The van der Waals surface area contributed by atoms with E-state index in [4.69, 9.17) is 0 Å². The molecule has 2 heterocycles. The van der Waals surface area contributed by atoms with Gasteiger partial charge in [0.15, 0.2) is 0 Å². The summed E-state index contributed by atoms with van der Waals surface area (Å²) in [6.45, 7) is 4.40. The topological polar surface area (TPSA) is 40.5 Å². The largest absolute Gasteiger partial charge is 0.386 e. The molecule has 3 heteroatoms. The van der Waals surface area contributed by atoms with Gasteiger partial charge in [0.05, 0.1) is 6.42 Å². The second-order valence-electron chi connectivity index (χ2n) is 3.28. The number of hydrogen-bond donors (Lipinski definition) is 1. The Hall–Kier alpha value is -1.09. The van der Waals surface area contributed by atoms with E-state index >= 15 is 0 Å². The third-order valence-corrected chi connectivity index (χ3v) is 2.30. The van der Waals surface area contributed by atoms with Gasteiger partial charge in [-0.3, -0.25) is 4.79 Å². The first-order valence-corrected chi connectivity index (χ1v) is 4.03. The smallest absolute Gasteiger partial charge is 0.230 e. The van der Waals surface area contributed by atoms with Crippen LogP contribution in [0.15, 0.2) is 23.9 Å². The molecular formula is C9H11NO2. The van der Waals surface area contributed by atoms with Gasteiger partial charge in [-0.1, -0.05) is 18.2 Å². The maximum atomic E-state index is 11.2. The van der Waals surface area contributed by atoms with Crippen molar-refractivity contribution in [3.8, 4) is 0 Å². The molecule has 1 saturated heterocycles. The fraction of sp³-hybridized carbons (Fsp3) is 0.444. The maximum absolute atomic E-state index is 11.2. The minimum atomic E-state index is -0.578. The normalized spacial score (nSPS) is 28.9. The Balaban J connectivity index is 2.32. The number of hydrogen-bond acceptors (Lipinski definition) is 2. The average molecular weight is 165 g/mol. The van der Waals surface area contributed by atoms with E-state index in [1.807, 2.05) is 6.08 Å². The van der Waals surface area contributed by atoms with Crippen molar-refractivity contribution in [1.29, 1.82) is 0 Å². The van der Waals surface area contributed by atoms with E-state index in [0.29, 0.717) is 6.54 Å². The standard InChI is InChI=1S/C9H11NO2/c1-6-2-3-7-8(11)4-9(12)10(7)5-6/h3,8,11H,1-2,4-5H2. The van der Waals surface area contributed by atoms with E-state index in [1.165, 1.54) is 0 Å². The van der Waals surface area contributed by atoms with Crippen molar-refractivity contribution in [3.05, 3.63) is 23.9 Å². The number of fused-ring (bicyclic) bond motifs is 1. The zero-order chi connectivity index (χ0) is 8.72. The number of rotatable bonds is 0. The Labute approximate surface area is 71.0 Å². The molecule has 1 atom stereocenters. The van der Waals surface area contributed by atoms with Crippen molar-refractivity contribution in [3.63, 3.8) is 0 Å². The van der Waals surface area contributed by atoms with Gasteiger partial charge in [-0.05, 0) is 6.42 Å². The number of amides is 1. The van der Waals surface area contributed by atoms with Gasteiger partial charge in [-0.25, -0.2) is 0 Å². The van der Waals surface area contributed by atoms with Crippen LogP contribution < -0.4 is 0 Å². The van der Waals surface area contributed by atoms with Gasteiger partial charge >= 0.3 is 0 Å². The van der Waals surface area contributed by atoms with Gasteiger partial charge in [0.2, 0.25) is 5.91 Å². The van der Waals surface area contributed by atoms with Crippen molar-refractivity contribution in [1.82, 2.24) is 4.90 Å². The predicted molar refractivity (Wildman–Crippen MR) is 44.2 cm³/mol. The second-order valence-corrected chi connectivity index (χ2v) is 3.28. The number of allylic oxidation sites excluding steroid dienone is 1. The Kier molecular flexibility index (Phi) is 1.54. The summed E-state index contributed by atoms with van der Waals surface area (Å²) < 4.78 is 0. The first kappa shape index (κ1) is 7.55. The monoisotopic (exact) mass is 165 g/mol. The zero-order valence-electron chi connectivity index (χ0n) is 6.79. The molecule has 1 amide bonds. The minimum absolute atomic E-state index is 0.00889. The van der Waals surface area contributed by atoms with Crippen molar-refractivity contribution < 1.29 is 9.90 Å². The van der Waals surface area contributed by atoms with Gasteiger partial charge in [-0.2, -0.15) is 0 Å². The van der Waals surface area contributed by atoms with E-state index < -0.39 is 6.10 Å². The first-order chi connectivity index (χ1) is 5.68. The van der Waals surface area contributed by atoms with E-state index in [-0.39, 0.29) is 12.3 Å². The third kappa shape index (κ3) is 0.975. The molecule has 1 fully saturated rings. The van der Waals surface area contributed by atoms with Crippen LogP contribution in [0.25, 0.3) is 0 Å². The summed E-state index contributed by atoms with van der Waals surface area (Å²) in [7, 11) is 0. The third-order valence-electron chi connectivity index (χ3n) is 2.30. The molecule has 0 bridgehead atoms. The van der Waals surface area contributed by atoms with Gasteiger partial charge < -0.3 is 10.0 Å². The average Bonchev–Trinajstić information content (AvgIpc) is 2.28. The van der Waals surface area contributed by atoms with Crippen LogP contribution in [-0.2, 0) is 4.79 Å². The van der Waals surface area contributed by atoms with Gasteiger partial charge in [0.1, 0.15) is 6.10 Å². The lowest BCUT2D eigenvalue weighted by atomic mass is 10.1. The molecule has 12 heavy (non-hydrogen) atoms. The number of nitrogens with zero attached hydrogens (tertiary/aromatic N) is 1. The number of carbonyl (C=O) groups is 1. The highest BCUT2D eigenvalue weighted by molar-refractivity contribution is 5.83. The summed E-state index contributed by atoms with van der Waals surface area (Å²) >= 11 is 0. The Bertz CT molecular complexity index is 280. The highest BCUT2D eigenvalue weighted by Gasteiger charge is 2.35. The van der Waals surface area contributed by atoms with Crippen molar-refractivity contribution in [2.75, 3.05) is 6.54 Å². The van der Waals surface area contributed by atoms with Crippen molar-refractivity contribution in [2.45, 2.75) is 18.9 Å². The summed E-state index contributed by atoms with van der Waals surface area (Å²) in [4.78, 5) is 12.9. The lowest BCUT2D eigenvalue weighted by Gasteiger charge is -2.24. The quantitative estimate of drug-likeness (QED) is 0.528. The van der Waals surface area contributed by atoms with Crippen LogP contribution in [0.1, 0.15) is 12.8 Å². The summed E-state index contributed by atoms with van der Waals surface area (Å²) in [6.07, 6.45) is 2.34. The highest BCUT2D eigenvalue weighted by atomic mass is 16.3. The molecule has 64 valence electrons. The van der Waals surface area contributed by atoms with Crippen molar-refractivity contribution >= 4 is 5.91 Å². The van der Waals surface area contributed by atoms with Crippen LogP contribution in [0.2, 0.25) is 0 Å². The Morgan fingerprint density at radius 3 is 3.17 bits per heavy atom. The lowest BCUT2D eigenvalue weighted by molar-refractivity contribution is -0.126. The fourth-order valence-electron chi connectivity index (χ4n) is 1.67. The summed E-state index contributed by atoms with van der Waals surface area (Å²) in [5, 5.41) is 9.42. The molecule has 3 nitrogen and oxygen atoms in total. The minimum Gasteiger partial charge on any atom is -0.386 e. The molecule has 0 aromatic heterocycles. The fourth-order valence-corrected chi connectivity index (χ4v) is 1.67. The summed E-state index contributed by atoms with van der Waals surface area (Å²) in [5.41, 5.74) is 1.80. The van der Waals surface area contributed by atoms with Gasteiger partial charge in [0, 0.05) is 12.2 Å². The molecule has 0 radical (unpaired) electrons. The van der Waals surface area contributed by atoms with E-state index in [1.54, 1.807) is 4.90 Å². The van der Waals surface area contributed by atoms with E-state index in [0.717, 1.165) is 17.7 Å². The molecule has 2 rings (SSSR count). The van der Waals surface area contributed by atoms with Crippen LogP contribution in [0, 0.1) is 0 Å². The van der Waals surface area contributed by atoms with E-state index in [9.17, 15) is 9.90 Å². The molecule has 1 N–H and O–H groups in total. The Morgan fingerprint density at radius 1 is 1.67 bits per heavy atom. The molecule has 0 saturated carbocycles. The summed E-state index contributed by atoms with van der Waals surface area (Å²) in [5.74, 6) is 0.00889. The van der Waals surface area contributed by atoms with Gasteiger partial charge in [-0.15, -0.1) is 0 Å². The molecule has 0 aromatic carbocycles. The number of aliphatic hydroxyl groups excluding tert-OH is 1.